The zero-order valence-corrected chi connectivity index (χ0v) is 14.7. The highest BCUT2D eigenvalue weighted by atomic mass is 16.5. The van der Waals surface area contributed by atoms with Gasteiger partial charge in [0.1, 0.15) is 0 Å². The fourth-order valence-corrected chi connectivity index (χ4v) is 2.02. The average molecular weight is 341 g/mol. The first kappa shape index (κ1) is 18.4. The summed E-state index contributed by atoms with van der Waals surface area (Å²) in [5.41, 5.74) is 3.77. The summed E-state index contributed by atoms with van der Waals surface area (Å²) in [4.78, 5) is 15.8. The van der Waals surface area contributed by atoms with Gasteiger partial charge in [-0.15, -0.1) is 0 Å². The Balaban J connectivity index is 1.96. The molecule has 0 aliphatic rings. The van der Waals surface area contributed by atoms with Crippen LogP contribution in [-0.4, -0.2) is 30.8 Å². The van der Waals surface area contributed by atoms with E-state index in [1.807, 2.05) is 18.2 Å². The van der Waals surface area contributed by atoms with Crippen LogP contribution in [0, 0.1) is 5.92 Å². The number of carbonyl (C=O) groups is 1. The predicted octanol–water partition coefficient (Wildman–Crippen LogP) is 3.28. The second-order valence-corrected chi connectivity index (χ2v) is 5.88. The van der Waals surface area contributed by atoms with Gasteiger partial charge in [0.2, 0.25) is 0 Å². The number of amides is 1. The lowest BCUT2D eigenvalue weighted by atomic mass is 10.1. The number of nitrogens with one attached hydrogen (secondary N) is 1. The van der Waals surface area contributed by atoms with E-state index >= 15 is 0 Å². The van der Waals surface area contributed by atoms with Gasteiger partial charge in [0.25, 0.3) is 5.91 Å². The molecule has 0 fully saturated rings. The van der Waals surface area contributed by atoms with Crippen molar-refractivity contribution in [3.63, 3.8) is 0 Å². The normalized spacial score (nSPS) is 10.9. The van der Waals surface area contributed by atoms with Crippen LogP contribution in [0.5, 0.6) is 11.5 Å². The molecule has 1 aromatic heterocycles. The van der Waals surface area contributed by atoms with Crippen molar-refractivity contribution in [1.29, 1.82) is 0 Å². The summed E-state index contributed by atoms with van der Waals surface area (Å²) in [6.45, 7) is 4.95. The molecule has 6 heteroatoms. The summed E-state index contributed by atoms with van der Waals surface area (Å²) >= 11 is 0. The quantitative estimate of drug-likeness (QED) is 0.591. The lowest BCUT2D eigenvalue weighted by Crippen LogP contribution is -2.17. The molecular weight excluding hydrogens is 318 g/mol. The number of rotatable bonds is 8. The van der Waals surface area contributed by atoms with Crippen LogP contribution in [0.2, 0.25) is 0 Å². The van der Waals surface area contributed by atoms with Crippen molar-refractivity contribution < 1.29 is 14.3 Å². The summed E-state index contributed by atoms with van der Waals surface area (Å²) < 4.78 is 11.1. The Kier molecular flexibility index (Phi) is 6.95. The first-order valence-electron chi connectivity index (χ1n) is 8.14. The minimum absolute atomic E-state index is 0.292. The topological polar surface area (TPSA) is 72.8 Å². The van der Waals surface area contributed by atoms with E-state index in [4.69, 9.17) is 9.47 Å². The first-order valence-corrected chi connectivity index (χ1v) is 8.14. The van der Waals surface area contributed by atoms with Crippen LogP contribution in [0.25, 0.3) is 0 Å². The number of benzene rings is 1. The van der Waals surface area contributed by atoms with Gasteiger partial charge in [-0.3, -0.25) is 9.78 Å². The molecule has 0 atom stereocenters. The van der Waals surface area contributed by atoms with E-state index in [-0.39, 0.29) is 5.91 Å². The van der Waals surface area contributed by atoms with Gasteiger partial charge in [-0.05, 0) is 48.2 Å². The molecule has 0 aliphatic heterocycles. The summed E-state index contributed by atoms with van der Waals surface area (Å²) in [7, 11) is 1.59. The molecule has 6 nitrogen and oxygen atoms in total. The highest BCUT2D eigenvalue weighted by Gasteiger charge is 2.06. The van der Waals surface area contributed by atoms with E-state index in [1.54, 1.807) is 37.9 Å². The fourth-order valence-electron chi connectivity index (χ4n) is 2.02. The average Bonchev–Trinajstić information content (AvgIpc) is 2.63. The third-order valence-corrected chi connectivity index (χ3v) is 3.46. The molecule has 1 amide bonds. The molecule has 1 aromatic carbocycles. The molecule has 0 saturated heterocycles. The minimum atomic E-state index is -0.292. The molecule has 1 heterocycles. The van der Waals surface area contributed by atoms with Crippen LogP contribution in [0.3, 0.4) is 0 Å². The number of aromatic nitrogens is 1. The van der Waals surface area contributed by atoms with Crippen molar-refractivity contribution >= 4 is 12.1 Å². The Labute approximate surface area is 147 Å². The van der Waals surface area contributed by atoms with Crippen molar-refractivity contribution in [2.45, 2.75) is 20.3 Å². The smallest absolute Gasteiger partial charge is 0.271 e. The van der Waals surface area contributed by atoms with E-state index in [1.165, 1.54) is 0 Å². The van der Waals surface area contributed by atoms with Gasteiger partial charge in [-0.2, -0.15) is 5.10 Å². The van der Waals surface area contributed by atoms with Crippen molar-refractivity contribution in [1.82, 2.24) is 10.4 Å². The Morgan fingerprint density at radius 1 is 1.24 bits per heavy atom. The zero-order chi connectivity index (χ0) is 18.1. The van der Waals surface area contributed by atoms with Crippen LogP contribution >= 0.6 is 0 Å². The molecule has 0 aliphatic carbocycles. The minimum Gasteiger partial charge on any atom is -0.493 e. The third-order valence-electron chi connectivity index (χ3n) is 3.46. The van der Waals surface area contributed by atoms with E-state index < -0.39 is 0 Å². The van der Waals surface area contributed by atoms with Crippen LogP contribution in [0.4, 0.5) is 0 Å². The van der Waals surface area contributed by atoms with Crippen LogP contribution in [0.15, 0.2) is 47.8 Å². The van der Waals surface area contributed by atoms with Gasteiger partial charge in [-0.25, -0.2) is 5.43 Å². The maximum absolute atomic E-state index is 11.9. The molecule has 1 N–H and O–H groups in total. The third kappa shape index (κ3) is 5.91. The molecule has 2 rings (SSSR count). The Morgan fingerprint density at radius 2 is 2.00 bits per heavy atom. The SMILES string of the molecule is COc1cc(/C=N\NC(=O)c2ccncc2)ccc1OCCC(C)C. The van der Waals surface area contributed by atoms with Gasteiger partial charge in [0.15, 0.2) is 11.5 Å². The predicted molar refractivity (Wildman–Crippen MR) is 97.2 cm³/mol. The number of nitrogens with zero attached hydrogens (tertiary/aromatic N) is 2. The second-order valence-electron chi connectivity index (χ2n) is 5.88. The lowest BCUT2D eigenvalue weighted by Gasteiger charge is -2.12. The number of hydrazone groups is 1. The molecule has 0 saturated carbocycles. The molecule has 132 valence electrons. The summed E-state index contributed by atoms with van der Waals surface area (Å²) in [5, 5.41) is 3.97. The monoisotopic (exact) mass is 341 g/mol. The second kappa shape index (κ2) is 9.42. The highest BCUT2D eigenvalue weighted by molar-refractivity contribution is 5.94. The molecule has 2 aromatic rings. The molecule has 0 bridgehead atoms. The zero-order valence-electron chi connectivity index (χ0n) is 14.7. The first-order chi connectivity index (χ1) is 12.1. The molecular formula is C19H23N3O3. The largest absolute Gasteiger partial charge is 0.493 e. The summed E-state index contributed by atoms with van der Waals surface area (Å²) in [5.74, 6) is 1.62. The van der Waals surface area contributed by atoms with Gasteiger partial charge < -0.3 is 9.47 Å². The standard InChI is InChI=1S/C19H23N3O3/c1-14(2)8-11-25-17-5-4-15(12-18(17)24-3)13-21-22-19(23)16-6-9-20-10-7-16/h4-7,9-10,12-14H,8,11H2,1-3H3,(H,22,23)/b21-13-. The van der Waals surface area contributed by atoms with Crippen LogP contribution in [-0.2, 0) is 0 Å². The maximum atomic E-state index is 11.9. The molecule has 25 heavy (non-hydrogen) atoms. The van der Waals surface area contributed by atoms with Gasteiger partial charge in [0, 0.05) is 18.0 Å². The number of hydrogen-bond donors (Lipinski definition) is 1. The number of ether oxygens (including phenoxy) is 2. The van der Waals surface area contributed by atoms with E-state index in [0.29, 0.717) is 29.6 Å². The van der Waals surface area contributed by atoms with Gasteiger partial charge in [-0.1, -0.05) is 13.8 Å². The van der Waals surface area contributed by atoms with Crippen molar-refractivity contribution in [2.24, 2.45) is 11.0 Å². The Morgan fingerprint density at radius 3 is 2.68 bits per heavy atom. The number of pyridine rings is 1. The molecule has 0 spiro atoms. The summed E-state index contributed by atoms with van der Waals surface area (Å²) in [6.07, 6.45) is 5.65. The number of carbonyl (C=O) groups excluding carboxylic acids is 1. The Hall–Kier alpha value is -2.89. The molecule has 0 unspecified atom stereocenters. The lowest BCUT2D eigenvalue weighted by molar-refractivity contribution is 0.0955. The van der Waals surface area contributed by atoms with Crippen LogP contribution < -0.4 is 14.9 Å². The van der Waals surface area contributed by atoms with Crippen molar-refractivity contribution in [3.05, 3.63) is 53.9 Å². The van der Waals surface area contributed by atoms with Crippen LogP contribution in [0.1, 0.15) is 36.2 Å². The van der Waals surface area contributed by atoms with Gasteiger partial charge in [0.05, 0.1) is 19.9 Å². The Bertz CT molecular complexity index is 715. The maximum Gasteiger partial charge on any atom is 0.271 e. The van der Waals surface area contributed by atoms with Crippen molar-refractivity contribution in [3.8, 4) is 11.5 Å². The number of methoxy groups -OCH3 is 1. The van der Waals surface area contributed by atoms with E-state index in [2.05, 4.69) is 29.4 Å². The highest BCUT2D eigenvalue weighted by Crippen LogP contribution is 2.27. The summed E-state index contributed by atoms with van der Waals surface area (Å²) in [6, 6.07) is 8.75. The van der Waals surface area contributed by atoms with E-state index in [0.717, 1.165) is 12.0 Å². The molecule has 0 radical (unpaired) electrons. The van der Waals surface area contributed by atoms with Crippen molar-refractivity contribution in [2.75, 3.05) is 13.7 Å². The van der Waals surface area contributed by atoms with E-state index in [9.17, 15) is 4.79 Å². The fraction of sp³-hybridized carbons (Fsp3) is 0.316. The van der Waals surface area contributed by atoms with Gasteiger partial charge >= 0.3 is 0 Å². The number of hydrogen-bond acceptors (Lipinski definition) is 5.